The van der Waals surface area contributed by atoms with E-state index in [1.807, 2.05) is 0 Å². The zero-order valence-electron chi connectivity index (χ0n) is 15.9. The average molecular weight is 398 g/mol. The standard InChI is InChI=1S/C19H28FN3O3S/c1-14-10-23(11-15(2)26-14)9-3-8-21-18(24)12-27-13-19(25)22-17-6-4-16(20)5-7-17/h4-7,14-15H,3,8-13H2,1-2H3,(H,21,24)(H,22,25). The van der Waals surface area contributed by atoms with Crippen LogP contribution in [0, 0.1) is 5.82 Å². The maximum Gasteiger partial charge on any atom is 0.234 e. The van der Waals surface area contributed by atoms with Crippen LogP contribution >= 0.6 is 11.8 Å². The Labute approximate surface area is 164 Å². The van der Waals surface area contributed by atoms with Crippen LogP contribution in [0.1, 0.15) is 20.3 Å². The van der Waals surface area contributed by atoms with Gasteiger partial charge in [0.25, 0.3) is 0 Å². The number of anilines is 1. The summed E-state index contributed by atoms with van der Waals surface area (Å²) in [7, 11) is 0. The fourth-order valence-electron chi connectivity index (χ4n) is 3.02. The van der Waals surface area contributed by atoms with E-state index in [0.29, 0.717) is 12.2 Å². The van der Waals surface area contributed by atoms with Gasteiger partial charge in [0.2, 0.25) is 11.8 Å². The lowest BCUT2D eigenvalue weighted by Gasteiger charge is -2.35. The smallest absolute Gasteiger partial charge is 0.234 e. The third-order valence-electron chi connectivity index (χ3n) is 4.06. The van der Waals surface area contributed by atoms with Crippen molar-refractivity contribution in [3.63, 3.8) is 0 Å². The van der Waals surface area contributed by atoms with E-state index in [2.05, 4.69) is 29.4 Å². The molecule has 0 aromatic heterocycles. The van der Waals surface area contributed by atoms with Crippen molar-refractivity contribution in [1.29, 1.82) is 0 Å². The molecule has 1 fully saturated rings. The second-order valence-corrected chi connectivity index (χ2v) is 7.75. The Bertz CT molecular complexity index is 605. The summed E-state index contributed by atoms with van der Waals surface area (Å²) in [4.78, 5) is 26.0. The van der Waals surface area contributed by atoms with Crippen LogP contribution in [-0.4, -0.2) is 66.6 Å². The number of amides is 2. The van der Waals surface area contributed by atoms with Crippen LogP contribution in [0.25, 0.3) is 0 Å². The minimum atomic E-state index is -0.350. The molecule has 1 saturated heterocycles. The summed E-state index contributed by atoms with van der Waals surface area (Å²) in [5.41, 5.74) is 0.540. The summed E-state index contributed by atoms with van der Waals surface area (Å²) in [6.45, 7) is 7.57. The molecule has 0 radical (unpaired) electrons. The molecule has 1 heterocycles. The highest BCUT2D eigenvalue weighted by molar-refractivity contribution is 8.00. The first-order chi connectivity index (χ1) is 12.9. The van der Waals surface area contributed by atoms with Crippen molar-refractivity contribution in [2.75, 3.05) is 43.0 Å². The van der Waals surface area contributed by atoms with Crippen molar-refractivity contribution < 1.29 is 18.7 Å². The molecule has 0 bridgehead atoms. The number of carbonyl (C=O) groups is 2. The number of thioether (sulfide) groups is 1. The molecule has 2 unspecified atom stereocenters. The zero-order chi connectivity index (χ0) is 19.6. The van der Waals surface area contributed by atoms with Crippen molar-refractivity contribution in [1.82, 2.24) is 10.2 Å². The lowest BCUT2D eigenvalue weighted by Crippen LogP contribution is -2.46. The maximum atomic E-state index is 12.8. The van der Waals surface area contributed by atoms with E-state index < -0.39 is 0 Å². The molecule has 2 atom stereocenters. The van der Waals surface area contributed by atoms with Crippen LogP contribution in [0.15, 0.2) is 24.3 Å². The van der Waals surface area contributed by atoms with Gasteiger partial charge in [0.15, 0.2) is 0 Å². The van der Waals surface area contributed by atoms with Crippen molar-refractivity contribution in [2.45, 2.75) is 32.5 Å². The minimum absolute atomic E-state index is 0.0710. The maximum absolute atomic E-state index is 12.8. The Balaban J connectivity index is 1.52. The molecule has 0 spiro atoms. The Hall–Kier alpha value is -1.64. The van der Waals surface area contributed by atoms with Gasteiger partial charge in [0, 0.05) is 31.9 Å². The number of ether oxygens (including phenoxy) is 1. The van der Waals surface area contributed by atoms with E-state index >= 15 is 0 Å². The number of carbonyl (C=O) groups excluding carboxylic acids is 2. The van der Waals surface area contributed by atoms with Gasteiger partial charge in [0.1, 0.15) is 5.82 Å². The number of hydrogen-bond donors (Lipinski definition) is 2. The predicted octanol–water partition coefficient (Wildman–Crippen LogP) is 2.11. The molecule has 150 valence electrons. The second kappa shape index (κ2) is 11.3. The van der Waals surface area contributed by atoms with E-state index in [4.69, 9.17) is 4.74 Å². The Morgan fingerprint density at radius 3 is 2.44 bits per heavy atom. The second-order valence-electron chi connectivity index (χ2n) is 6.77. The number of rotatable bonds is 9. The van der Waals surface area contributed by atoms with Crippen LogP contribution in [-0.2, 0) is 14.3 Å². The number of nitrogens with zero attached hydrogens (tertiary/aromatic N) is 1. The third kappa shape index (κ3) is 8.73. The molecule has 1 aliphatic heterocycles. The molecule has 2 amide bonds. The summed E-state index contributed by atoms with van der Waals surface area (Å²) in [6.07, 6.45) is 1.39. The molecule has 1 aliphatic rings. The Morgan fingerprint density at radius 2 is 1.78 bits per heavy atom. The number of nitrogens with one attached hydrogen (secondary N) is 2. The largest absolute Gasteiger partial charge is 0.373 e. The summed E-state index contributed by atoms with van der Waals surface area (Å²) in [6, 6.07) is 5.57. The molecule has 8 heteroatoms. The van der Waals surface area contributed by atoms with Crippen LogP contribution in [0.2, 0.25) is 0 Å². The summed E-state index contributed by atoms with van der Waals surface area (Å²) in [5.74, 6) is -0.221. The lowest BCUT2D eigenvalue weighted by atomic mass is 10.2. The van der Waals surface area contributed by atoms with Gasteiger partial charge in [-0.05, 0) is 44.5 Å². The first-order valence-corrected chi connectivity index (χ1v) is 10.4. The quantitative estimate of drug-likeness (QED) is 0.625. The number of morpholine rings is 1. The number of hydrogen-bond acceptors (Lipinski definition) is 5. The first-order valence-electron chi connectivity index (χ1n) is 9.20. The molecule has 0 aliphatic carbocycles. The van der Waals surface area contributed by atoms with E-state index in [9.17, 15) is 14.0 Å². The molecule has 1 aromatic rings. The number of benzene rings is 1. The Morgan fingerprint density at radius 1 is 1.15 bits per heavy atom. The van der Waals surface area contributed by atoms with Crippen LogP contribution in [0.4, 0.5) is 10.1 Å². The Kier molecular flexibility index (Phi) is 9.03. The van der Waals surface area contributed by atoms with Gasteiger partial charge in [-0.2, -0.15) is 0 Å². The highest BCUT2D eigenvalue weighted by Crippen LogP contribution is 2.11. The molecular weight excluding hydrogens is 369 g/mol. The van der Waals surface area contributed by atoms with Crippen molar-refractivity contribution in [3.8, 4) is 0 Å². The van der Waals surface area contributed by atoms with Gasteiger partial charge in [-0.25, -0.2) is 4.39 Å². The molecule has 27 heavy (non-hydrogen) atoms. The molecular formula is C19H28FN3O3S. The van der Waals surface area contributed by atoms with Gasteiger partial charge in [-0.3, -0.25) is 14.5 Å². The minimum Gasteiger partial charge on any atom is -0.373 e. The van der Waals surface area contributed by atoms with E-state index in [0.717, 1.165) is 26.1 Å². The molecule has 0 saturated carbocycles. The van der Waals surface area contributed by atoms with Gasteiger partial charge in [0.05, 0.1) is 23.7 Å². The topological polar surface area (TPSA) is 70.7 Å². The van der Waals surface area contributed by atoms with Crippen molar-refractivity contribution in [2.24, 2.45) is 0 Å². The fraction of sp³-hybridized carbons (Fsp3) is 0.579. The van der Waals surface area contributed by atoms with Crippen molar-refractivity contribution >= 4 is 29.3 Å². The molecule has 6 nitrogen and oxygen atoms in total. The lowest BCUT2D eigenvalue weighted by molar-refractivity contribution is -0.118. The first kappa shape index (κ1) is 21.7. The number of halogens is 1. The van der Waals surface area contributed by atoms with Gasteiger partial charge in [-0.15, -0.1) is 11.8 Å². The normalized spacial score (nSPS) is 20.3. The van der Waals surface area contributed by atoms with Gasteiger partial charge >= 0.3 is 0 Å². The summed E-state index contributed by atoms with van der Waals surface area (Å²) >= 11 is 1.25. The SMILES string of the molecule is CC1CN(CCCNC(=O)CSCC(=O)Nc2ccc(F)cc2)CC(C)O1. The average Bonchev–Trinajstić information content (AvgIpc) is 2.60. The highest BCUT2D eigenvalue weighted by atomic mass is 32.2. The van der Waals surface area contributed by atoms with Crippen molar-refractivity contribution in [3.05, 3.63) is 30.1 Å². The van der Waals surface area contributed by atoms with E-state index in [-0.39, 0.29) is 41.3 Å². The fourth-order valence-corrected chi connectivity index (χ4v) is 3.66. The van der Waals surface area contributed by atoms with Crippen LogP contribution < -0.4 is 10.6 Å². The van der Waals surface area contributed by atoms with E-state index in [1.54, 1.807) is 0 Å². The zero-order valence-corrected chi connectivity index (χ0v) is 16.7. The van der Waals surface area contributed by atoms with Gasteiger partial charge < -0.3 is 15.4 Å². The highest BCUT2D eigenvalue weighted by Gasteiger charge is 2.21. The van der Waals surface area contributed by atoms with Crippen LogP contribution in [0.3, 0.4) is 0 Å². The summed E-state index contributed by atoms with van der Waals surface area (Å²) in [5, 5.41) is 5.55. The van der Waals surface area contributed by atoms with Crippen LogP contribution in [0.5, 0.6) is 0 Å². The molecule has 1 aromatic carbocycles. The predicted molar refractivity (Wildman–Crippen MR) is 106 cm³/mol. The monoisotopic (exact) mass is 397 g/mol. The third-order valence-corrected chi connectivity index (χ3v) is 5.00. The molecule has 2 N–H and O–H groups in total. The summed E-state index contributed by atoms with van der Waals surface area (Å²) < 4.78 is 18.5. The molecule has 2 rings (SSSR count). The van der Waals surface area contributed by atoms with Gasteiger partial charge in [-0.1, -0.05) is 0 Å². The van der Waals surface area contributed by atoms with E-state index in [1.165, 1.54) is 36.0 Å².